The van der Waals surface area contributed by atoms with Crippen LogP contribution in [0.15, 0.2) is 36.0 Å². The molecular weight excluding hydrogens is 376 g/mol. The van der Waals surface area contributed by atoms with Gasteiger partial charge >= 0.3 is 0 Å². The zero-order valence-electron chi connectivity index (χ0n) is 21.2. The number of hydrogen-bond acceptors (Lipinski definition) is 1. The molecule has 1 heteroatoms. The summed E-state index contributed by atoms with van der Waals surface area (Å²) in [7, 11) is 0. The second-order valence-corrected chi connectivity index (χ2v) is 12.7. The molecule has 4 aliphatic rings. The van der Waals surface area contributed by atoms with Crippen LogP contribution in [0.1, 0.15) is 92.9 Å². The van der Waals surface area contributed by atoms with Crippen molar-refractivity contribution >= 4 is 0 Å². The van der Waals surface area contributed by atoms with E-state index in [0.717, 1.165) is 36.5 Å². The number of hydrogen-bond donors (Lipinski definition) is 1. The summed E-state index contributed by atoms with van der Waals surface area (Å²) in [5, 5.41) is 10.3. The van der Waals surface area contributed by atoms with Crippen molar-refractivity contribution < 1.29 is 5.11 Å². The maximum atomic E-state index is 10.3. The van der Waals surface area contributed by atoms with E-state index >= 15 is 0 Å². The molecule has 0 aromatic heterocycles. The number of rotatable bonds is 5. The second-order valence-electron chi connectivity index (χ2n) is 12.7. The van der Waals surface area contributed by atoms with Crippen LogP contribution in [0.25, 0.3) is 0 Å². The average molecular weight is 425 g/mol. The molecule has 0 radical (unpaired) electrons. The van der Waals surface area contributed by atoms with Crippen molar-refractivity contribution in [2.24, 2.45) is 52.3 Å². The Bertz CT molecular complexity index is 744. The van der Waals surface area contributed by atoms with Crippen molar-refractivity contribution in [2.45, 2.75) is 99.0 Å². The molecule has 1 N–H and O–H groups in total. The molecule has 0 aromatic rings. The summed E-state index contributed by atoms with van der Waals surface area (Å²) in [6, 6.07) is 0. The highest BCUT2D eigenvalue weighted by Gasteiger charge is 2.58. The van der Waals surface area contributed by atoms with Gasteiger partial charge in [0, 0.05) is 0 Å². The van der Waals surface area contributed by atoms with Crippen LogP contribution in [0.5, 0.6) is 0 Å². The summed E-state index contributed by atoms with van der Waals surface area (Å²) >= 11 is 0. The Morgan fingerprint density at radius 2 is 1.81 bits per heavy atom. The normalized spacial score (nSPS) is 44.4. The zero-order chi connectivity index (χ0) is 22.6. The van der Waals surface area contributed by atoms with E-state index in [2.05, 4.69) is 66.3 Å². The summed E-state index contributed by atoms with van der Waals surface area (Å²) in [6.45, 7) is 18.8. The monoisotopic (exact) mass is 424 g/mol. The van der Waals surface area contributed by atoms with Gasteiger partial charge in [-0.15, -0.1) is 0 Å². The molecular formula is C30H48O. The van der Waals surface area contributed by atoms with E-state index in [1.165, 1.54) is 44.1 Å². The molecule has 4 rings (SSSR count). The number of aliphatic hydroxyl groups excluding tert-OH is 1. The Morgan fingerprint density at radius 3 is 2.48 bits per heavy atom. The number of allylic oxidation sites excluding steroid dienone is 4. The molecule has 31 heavy (non-hydrogen) atoms. The zero-order valence-corrected chi connectivity index (χ0v) is 21.2. The first kappa shape index (κ1) is 23.3. The fraction of sp³-hybridized carbons (Fsp3) is 0.800. The van der Waals surface area contributed by atoms with E-state index < -0.39 is 0 Å². The third-order valence-corrected chi connectivity index (χ3v) is 10.7. The molecule has 174 valence electrons. The summed E-state index contributed by atoms with van der Waals surface area (Å²) in [5.41, 5.74) is 3.75. The molecule has 0 saturated heterocycles. The first-order chi connectivity index (χ1) is 14.6. The third-order valence-electron chi connectivity index (χ3n) is 10.7. The first-order valence-electron chi connectivity index (χ1n) is 13.3. The van der Waals surface area contributed by atoms with Crippen LogP contribution in [-0.2, 0) is 0 Å². The maximum absolute atomic E-state index is 10.3. The van der Waals surface area contributed by atoms with Crippen LogP contribution in [0, 0.1) is 52.3 Å². The van der Waals surface area contributed by atoms with Crippen molar-refractivity contribution in [1.82, 2.24) is 0 Å². The van der Waals surface area contributed by atoms with Gasteiger partial charge in [0.1, 0.15) is 0 Å². The molecule has 3 fully saturated rings. The largest absolute Gasteiger partial charge is 0.393 e. The minimum atomic E-state index is -0.0953. The van der Waals surface area contributed by atoms with Crippen LogP contribution in [0.2, 0.25) is 0 Å². The molecule has 0 heterocycles. The van der Waals surface area contributed by atoms with Crippen LogP contribution in [-0.4, -0.2) is 11.2 Å². The Hall–Kier alpha value is -0.820. The SMILES string of the molecule is C=C(C)C(C=CC(C)C1CCC2C3CC=C4CC(O)CCC4(C)C3CCC12C)C(C)C. The second kappa shape index (κ2) is 8.51. The molecule has 9 atom stereocenters. The van der Waals surface area contributed by atoms with E-state index in [0.29, 0.717) is 28.6 Å². The van der Waals surface area contributed by atoms with Gasteiger partial charge in [0.2, 0.25) is 0 Å². The van der Waals surface area contributed by atoms with E-state index in [1.54, 1.807) is 5.57 Å². The van der Waals surface area contributed by atoms with E-state index in [1.807, 2.05) is 0 Å². The molecule has 3 saturated carbocycles. The van der Waals surface area contributed by atoms with Gasteiger partial charge in [-0.05, 0) is 111 Å². The van der Waals surface area contributed by atoms with E-state index in [4.69, 9.17) is 0 Å². The number of fused-ring (bicyclic) bond motifs is 5. The van der Waals surface area contributed by atoms with Crippen molar-refractivity contribution in [1.29, 1.82) is 0 Å². The van der Waals surface area contributed by atoms with Crippen molar-refractivity contribution in [3.05, 3.63) is 36.0 Å². The Labute approximate surface area is 192 Å². The Kier molecular flexibility index (Phi) is 6.41. The molecule has 0 aliphatic heterocycles. The lowest BCUT2D eigenvalue weighted by molar-refractivity contribution is -0.0540. The average Bonchev–Trinajstić information content (AvgIpc) is 3.05. The highest BCUT2D eigenvalue weighted by atomic mass is 16.3. The van der Waals surface area contributed by atoms with Gasteiger partial charge in [0.25, 0.3) is 0 Å². The standard InChI is InChI=1S/C30H48O/c1-19(2)24(20(3)4)10-8-21(5)26-12-13-27-25-11-9-22-18-23(31)14-16-29(22,6)28(25)15-17-30(26,27)7/h8-10,20-21,23-28,31H,1,11-18H2,2-7H3. The van der Waals surface area contributed by atoms with Gasteiger partial charge in [-0.1, -0.05) is 70.6 Å². The summed E-state index contributed by atoms with van der Waals surface area (Å²) in [5.74, 6) is 5.20. The van der Waals surface area contributed by atoms with Gasteiger partial charge < -0.3 is 5.11 Å². The molecule has 0 amide bonds. The van der Waals surface area contributed by atoms with E-state index in [-0.39, 0.29) is 6.10 Å². The van der Waals surface area contributed by atoms with Crippen LogP contribution in [0.3, 0.4) is 0 Å². The summed E-state index contributed by atoms with van der Waals surface area (Å²) in [6.07, 6.45) is 17.5. The van der Waals surface area contributed by atoms with E-state index in [9.17, 15) is 5.11 Å². The molecule has 1 nitrogen and oxygen atoms in total. The minimum Gasteiger partial charge on any atom is -0.393 e. The number of aliphatic hydroxyl groups is 1. The van der Waals surface area contributed by atoms with Gasteiger partial charge in [-0.2, -0.15) is 0 Å². The van der Waals surface area contributed by atoms with Crippen molar-refractivity contribution in [2.75, 3.05) is 0 Å². The van der Waals surface area contributed by atoms with Crippen molar-refractivity contribution in [3.63, 3.8) is 0 Å². The predicted octanol–water partition coefficient (Wildman–Crippen LogP) is 7.97. The molecule has 0 aromatic carbocycles. The highest BCUT2D eigenvalue weighted by molar-refractivity contribution is 5.25. The molecule has 4 aliphatic carbocycles. The summed E-state index contributed by atoms with van der Waals surface area (Å²) < 4.78 is 0. The van der Waals surface area contributed by atoms with Gasteiger partial charge in [0.05, 0.1) is 6.10 Å². The van der Waals surface area contributed by atoms with Gasteiger partial charge in [-0.25, -0.2) is 0 Å². The van der Waals surface area contributed by atoms with Gasteiger partial charge in [0.15, 0.2) is 0 Å². The maximum Gasteiger partial charge on any atom is 0.0577 e. The Morgan fingerprint density at radius 1 is 1.06 bits per heavy atom. The fourth-order valence-corrected chi connectivity index (χ4v) is 8.93. The lowest BCUT2D eigenvalue weighted by Crippen LogP contribution is -2.50. The fourth-order valence-electron chi connectivity index (χ4n) is 8.93. The molecule has 0 bridgehead atoms. The lowest BCUT2D eigenvalue weighted by atomic mass is 9.47. The minimum absolute atomic E-state index is 0.0953. The topological polar surface area (TPSA) is 20.2 Å². The van der Waals surface area contributed by atoms with Crippen LogP contribution in [0.4, 0.5) is 0 Å². The Balaban J connectivity index is 1.52. The van der Waals surface area contributed by atoms with Crippen LogP contribution >= 0.6 is 0 Å². The van der Waals surface area contributed by atoms with Crippen molar-refractivity contribution in [3.8, 4) is 0 Å². The quantitative estimate of drug-likeness (QED) is 0.444. The predicted molar refractivity (Wildman–Crippen MR) is 133 cm³/mol. The van der Waals surface area contributed by atoms with Gasteiger partial charge in [-0.3, -0.25) is 0 Å². The van der Waals surface area contributed by atoms with Crippen LogP contribution < -0.4 is 0 Å². The smallest absolute Gasteiger partial charge is 0.0577 e. The lowest BCUT2D eigenvalue weighted by Gasteiger charge is -2.58. The highest BCUT2D eigenvalue weighted by Crippen LogP contribution is 2.67. The third kappa shape index (κ3) is 3.92. The molecule has 9 unspecified atom stereocenters. The molecule has 0 spiro atoms. The summed E-state index contributed by atoms with van der Waals surface area (Å²) in [4.78, 5) is 0. The first-order valence-corrected chi connectivity index (χ1v) is 13.3.